The maximum atomic E-state index is 12.1. The molecule has 2 N–H and O–H groups in total. The van der Waals surface area contributed by atoms with Gasteiger partial charge < -0.3 is 15.2 Å². The lowest BCUT2D eigenvalue weighted by molar-refractivity contribution is 0.132. The summed E-state index contributed by atoms with van der Waals surface area (Å²) in [6, 6.07) is 16.1. The van der Waals surface area contributed by atoms with Gasteiger partial charge in [0.25, 0.3) is 0 Å². The van der Waals surface area contributed by atoms with Crippen LogP contribution in [0.25, 0.3) is 11.1 Å². The van der Waals surface area contributed by atoms with Crippen molar-refractivity contribution >= 4 is 6.09 Å². The minimum Gasteiger partial charge on any atom is -0.449 e. The summed E-state index contributed by atoms with van der Waals surface area (Å²) >= 11 is 0. The lowest BCUT2D eigenvalue weighted by Crippen LogP contribution is -2.38. The Bertz CT molecular complexity index is 739. The molecule has 2 aromatic carbocycles. The van der Waals surface area contributed by atoms with E-state index in [0.29, 0.717) is 6.42 Å². The van der Waals surface area contributed by atoms with Gasteiger partial charge in [-0.2, -0.15) is 0 Å². The molecule has 0 aliphatic heterocycles. The summed E-state index contributed by atoms with van der Waals surface area (Å²) in [5, 5.41) is 12.1. The number of rotatable bonds is 6. The molecule has 1 aliphatic carbocycles. The van der Waals surface area contributed by atoms with Gasteiger partial charge in [0.15, 0.2) is 0 Å². The minimum atomic E-state index is -0.512. The number of hydrogen-bond donors (Lipinski definition) is 2. The number of amides is 1. The zero-order valence-electron chi connectivity index (χ0n) is 14.4. The van der Waals surface area contributed by atoms with Crippen LogP contribution < -0.4 is 5.32 Å². The molecule has 1 unspecified atom stereocenters. The Morgan fingerprint density at radius 2 is 1.72 bits per heavy atom. The molecule has 0 bridgehead atoms. The van der Waals surface area contributed by atoms with Crippen LogP contribution in [0.1, 0.15) is 30.4 Å². The smallest absolute Gasteiger partial charge is 0.407 e. The first-order valence-corrected chi connectivity index (χ1v) is 8.47. The number of carbonyl (C=O) groups is 1. The van der Waals surface area contributed by atoms with E-state index in [0.717, 1.165) is 5.57 Å². The molecule has 0 aromatic heterocycles. The SMILES string of the molecule is C=C(C)CC(CO)NC(=O)OCC1c2ccccc2-c2ccccc21. The fraction of sp³-hybridized carbons (Fsp3) is 0.286. The van der Waals surface area contributed by atoms with Gasteiger partial charge in [-0.1, -0.05) is 54.1 Å². The van der Waals surface area contributed by atoms with Gasteiger partial charge in [0.1, 0.15) is 6.61 Å². The highest BCUT2D eigenvalue weighted by atomic mass is 16.5. The van der Waals surface area contributed by atoms with Crippen LogP contribution in [0.5, 0.6) is 0 Å². The van der Waals surface area contributed by atoms with E-state index in [1.54, 1.807) is 0 Å². The van der Waals surface area contributed by atoms with E-state index in [2.05, 4.69) is 36.2 Å². The molecule has 0 saturated carbocycles. The number of aliphatic hydroxyl groups is 1. The quantitative estimate of drug-likeness (QED) is 0.787. The number of fused-ring (bicyclic) bond motifs is 3. The maximum Gasteiger partial charge on any atom is 0.407 e. The fourth-order valence-corrected chi connectivity index (χ4v) is 3.39. The van der Waals surface area contributed by atoms with Crippen LogP contribution >= 0.6 is 0 Å². The van der Waals surface area contributed by atoms with E-state index >= 15 is 0 Å². The number of benzene rings is 2. The van der Waals surface area contributed by atoms with Gasteiger partial charge in [0, 0.05) is 5.92 Å². The molecule has 1 amide bonds. The average molecular weight is 337 g/mol. The molecule has 0 heterocycles. The van der Waals surface area contributed by atoms with Crippen LogP contribution in [-0.2, 0) is 4.74 Å². The zero-order chi connectivity index (χ0) is 17.8. The first-order chi connectivity index (χ1) is 12.1. The van der Waals surface area contributed by atoms with Crippen LogP contribution in [-0.4, -0.2) is 30.5 Å². The average Bonchev–Trinajstić information content (AvgIpc) is 2.93. The lowest BCUT2D eigenvalue weighted by atomic mass is 9.98. The molecular weight excluding hydrogens is 314 g/mol. The van der Waals surface area contributed by atoms with Gasteiger partial charge in [-0.05, 0) is 35.6 Å². The largest absolute Gasteiger partial charge is 0.449 e. The van der Waals surface area contributed by atoms with Crippen LogP contribution in [0.15, 0.2) is 60.7 Å². The highest BCUT2D eigenvalue weighted by molar-refractivity contribution is 5.79. The summed E-state index contributed by atoms with van der Waals surface area (Å²) < 4.78 is 5.46. The van der Waals surface area contributed by atoms with E-state index in [4.69, 9.17) is 4.74 Å². The van der Waals surface area contributed by atoms with Crippen LogP contribution in [0.3, 0.4) is 0 Å². The molecule has 1 atom stereocenters. The molecule has 0 radical (unpaired) electrons. The number of ether oxygens (including phenoxy) is 1. The van der Waals surface area contributed by atoms with Crippen molar-refractivity contribution in [3.05, 3.63) is 71.8 Å². The summed E-state index contributed by atoms with van der Waals surface area (Å²) in [5.74, 6) is 0.0341. The predicted octanol–water partition coefficient (Wildman–Crippen LogP) is 3.85. The van der Waals surface area contributed by atoms with Crippen molar-refractivity contribution in [1.82, 2.24) is 5.32 Å². The van der Waals surface area contributed by atoms with Crippen LogP contribution in [0.2, 0.25) is 0 Å². The summed E-state index contributed by atoms with van der Waals surface area (Å²) in [6.07, 6.45) is 0.0166. The number of carbonyl (C=O) groups excluding carboxylic acids is 1. The van der Waals surface area contributed by atoms with Crippen LogP contribution in [0, 0.1) is 0 Å². The molecule has 4 nitrogen and oxygen atoms in total. The van der Waals surface area contributed by atoms with E-state index in [-0.39, 0.29) is 25.2 Å². The summed E-state index contributed by atoms with van der Waals surface area (Å²) in [7, 11) is 0. The monoisotopic (exact) mass is 337 g/mol. The number of nitrogens with one attached hydrogen (secondary N) is 1. The van der Waals surface area contributed by atoms with Crippen molar-refractivity contribution < 1.29 is 14.6 Å². The van der Waals surface area contributed by atoms with Crippen molar-refractivity contribution in [2.24, 2.45) is 0 Å². The Balaban J connectivity index is 1.69. The third kappa shape index (κ3) is 3.74. The second kappa shape index (κ2) is 7.53. The predicted molar refractivity (Wildman–Crippen MR) is 98.5 cm³/mol. The molecular formula is C21H23NO3. The molecule has 130 valence electrons. The second-order valence-electron chi connectivity index (χ2n) is 6.51. The topological polar surface area (TPSA) is 58.6 Å². The Hall–Kier alpha value is -2.59. The summed E-state index contributed by atoms with van der Waals surface area (Å²) in [4.78, 5) is 12.1. The first kappa shape index (κ1) is 17.2. The van der Waals surface area contributed by atoms with Crippen molar-refractivity contribution in [1.29, 1.82) is 0 Å². The van der Waals surface area contributed by atoms with E-state index in [9.17, 15) is 9.90 Å². The molecule has 0 saturated heterocycles. The van der Waals surface area contributed by atoms with Gasteiger partial charge in [0.2, 0.25) is 0 Å². The molecule has 3 rings (SSSR count). The number of hydrogen-bond acceptors (Lipinski definition) is 3. The standard InChI is InChI=1S/C21H23NO3/c1-14(2)11-15(12-23)22-21(24)25-13-20-18-9-5-3-7-16(18)17-8-4-6-10-19(17)20/h3-10,15,20,23H,1,11-13H2,2H3,(H,22,24). The van der Waals surface area contributed by atoms with Crippen molar-refractivity contribution in [2.45, 2.75) is 25.3 Å². The van der Waals surface area contributed by atoms with Gasteiger partial charge in [0.05, 0.1) is 12.6 Å². The van der Waals surface area contributed by atoms with E-state index in [1.165, 1.54) is 22.3 Å². The van der Waals surface area contributed by atoms with Crippen LogP contribution in [0.4, 0.5) is 4.79 Å². The summed E-state index contributed by atoms with van der Waals surface area (Å²) in [6.45, 7) is 5.80. The molecule has 4 heteroatoms. The maximum absolute atomic E-state index is 12.1. The molecule has 2 aromatic rings. The highest BCUT2D eigenvalue weighted by Crippen LogP contribution is 2.44. The van der Waals surface area contributed by atoms with Crippen molar-refractivity contribution in [2.75, 3.05) is 13.2 Å². The Labute approximate surface area is 148 Å². The second-order valence-corrected chi connectivity index (χ2v) is 6.51. The third-order valence-corrected chi connectivity index (χ3v) is 4.48. The fourth-order valence-electron chi connectivity index (χ4n) is 3.39. The van der Waals surface area contributed by atoms with Crippen molar-refractivity contribution in [3.63, 3.8) is 0 Å². The van der Waals surface area contributed by atoms with Crippen molar-refractivity contribution in [3.8, 4) is 11.1 Å². The normalized spacial score (nSPS) is 13.7. The molecule has 1 aliphatic rings. The van der Waals surface area contributed by atoms with Gasteiger partial charge in [-0.25, -0.2) is 4.79 Å². The Kier molecular flexibility index (Phi) is 5.19. The third-order valence-electron chi connectivity index (χ3n) is 4.48. The molecule has 0 fully saturated rings. The summed E-state index contributed by atoms with van der Waals surface area (Å²) in [5.41, 5.74) is 5.65. The lowest BCUT2D eigenvalue weighted by Gasteiger charge is -2.18. The zero-order valence-corrected chi connectivity index (χ0v) is 14.4. The molecule has 0 spiro atoms. The number of aliphatic hydroxyl groups excluding tert-OH is 1. The van der Waals surface area contributed by atoms with Gasteiger partial charge >= 0.3 is 6.09 Å². The molecule has 25 heavy (non-hydrogen) atoms. The Morgan fingerprint density at radius 1 is 1.16 bits per heavy atom. The minimum absolute atomic E-state index is 0.0341. The van der Waals surface area contributed by atoms with Gasteiger partial charge in [-0.15, -0.1) is 6.58 Å². The first-order valence-electron chi connectivity index (χ1n) is 8.47. The highest BCUT2D eigenvalue weighted by Gasteiger charge is 2.29. The van der Waals surface area contributed by atoms with Gasteiger partial charge in [-0.3, -0.25) is 0 Å². The van der Waals surface area contributed by atoms with E-state index in [1.807, 2.05) is 31.2 Å². The Morgan fingerprint density at radius 3 is 2.24 bits per heavy atom. The van der Waals surface area contributed by atoms with E-state index < -0.39 is 6.09 Å². The number of alkyl carbamates (subject to hydrolysis) is 1.